The predicted octanol–water partition coefficient (Wildman–Crippen LogP) is 1.92. The van der Waals surface area contributed by atoms with Crippen molar-refractivity contribution >= 4 is 11.8 Å². The molecular formula is C13H16N2O2. The quantitative estimate of drug-likeness (QED) is 0.590. The molecule has 1 aliphatic rings. The maximum Gasteiger partial charge on any atom is 0.235 e. The van der Waals surface area contributed by atoms with Gasteiger partial charge in [-0.15, -0.1) is 0 Å². The first kappa shape index (κ1) is 11.8. The molecule has 1 aromatic carbocycles. The normalized spacial score (nSPS) is 17.4. The summed E-state index contributed by atoms with van der Waals surface area (Å²) in [5.41, 5.74) is 2.21. The number of isocyanates is 1. The molecule has 1 aromatic rings. The van der Waals surface area contributed by atoms with E-state index in [1.54, 1.807) is 6.08 Å². The number of aliphatic imine (C=N–C) groups is 1. The van der Waals surface area contributed by atoms with Gasteiger partial charge in [0.05, 0.1) is 19.3 Å². The Hall–Kier alpha value is -1.64. The summed E-state index contributed by atoms with van der Waals surface area (Å²) < 4.78 is 5.34. The molecule has 1 saturated heterocycles. The van der Waals surface area contributed by atoms with E-state index in [1.165, 1.54) is 0 Å². The molecule has 0 saturated carbocycles. The fourth-order valence-corrected chi connectivity index (χ4v) is 2.08. The molecule has 0 radical (unpaired) electrons. The summed E-state index contributed by atoms with van der Waals surface area (Å²) in [6.07, 6.45) is 1.63. The number of hydrogen-bond donors (Lipinski definition) is 0. The fraction of sp³-hybridized carbons (Fsp3) is 0.462. The van der Waals surface area contributed by atoms with Crippen LogP contribution in [0.15, 0.2) is 29.3 Å². The molecule has 0 bridgehead atoms. The highest BCUT2D eigenvalue weighted by atomic mass is 16.5. The van der Waals surface area contributed by atoms with Crippen LogP contribution in [0.3, 0.4) is 0 Å². The summed E-state index contributed by atoms with van der Waals surface area (Å²) in [5, 5.41) is 0. The SMILES string of the molecule is CC(N=C=O)c1ccccc1N1CCOCC1. The van der Waals surface area contributed by atoms with Crippen molar-refractivity contribution in [3.63, 3.8) is 0 Å². The number of ether oxygens (including phenoxy) is 1. The summed E-state index contributed by atoms with van der Waals surface area (Å²) in [7, 11) is 0. The molecule has 0 aliphatic carbocycles. The van der Waals surface area contributed by atoms with Crippen LogP contribution in [0.25, 0.3) is 0 Å². The second-order valence-electron chi connectivity index (χ2n) is 4.05. The number of para-hydroxylation sites is 1. The van der Waals surface area contributed by atoms with Crippen molar-refractivity contribution in [3.8, 4) is 0 Å². The van der Waals surface area contributed by atoms with Crippen molar-refractivity contribution in [2.24, 2.45) is 4.99 Å². The Balaban J connectivity index is 2.28. The molecule has 4 nitrogen and oxygen atoms in total. The zero-order chi connectivity index (χ0) is 12.1. The third kappa shape index (κ3) is 2.73. The molecule has 0 spiro atoms. The van der Waals surface area contributed by atoms with Crippen molar-refractivity contribution in [3.05, 3.63) is 29.8 Å². The van der Waals surface area contributed by atoms with Gasteiger partial charge in [-0.05, 0) is 13.0 Å². The first-order valence-electron chi connectivity index (χ1n) is 5.81. The molecule has 1 heterocycles. The van der Waals surface area contributed by atoms with Crippen molar-refractivity contribution in [1.82, 2.24) is 0 Å². The summed E-state index contributed by atoms with van der Waals surface area (Å²) in [6, 6.07) is 7.90. The van der Waals surface area contributed by atoms with Gasteiger partial charge in [-0.2, -0.15) is 4.99 Å². The highest BCUT2D eigenvalue weighted by Gasteiger charge is 2.16. The van der Waals surface area contributed by atoms with Crippen molar-refractivity contribution in [2.75, 3.05) is 31.2 Å². The van der Waals surface area contributed by atoms with Crippen molar-refractivity contribution < 1.29 is 9.53 Å². The van der Waals surface area contributed by atoms with E-state index in [0.717, 1.165) is 37.6 Å². The third-order valence-electron chi connectivity index (χ3n) is 2.98. The average molecular weight is 232 g/mol. The summed E-state index contributed by atoms with van der Waals surface area (Å²) in [4.78, 5) is 16.4. The van der Waals surface area contributed by atoms with Gasteiger partial charge in [0.2, 0.25) is 6.08 Å². The zero-order valence-corrected chi connectivity index (χ0v) is 9.93. The first-order chi connectivity index (χ1) is 8.33. The summed E-state index contributed by atoms with van der Waals surface area (Å²) >= 11 is 0. The standard InChI is InChI=1S/C13H16N2O2/c1-11(14-10-16)12-4-2-3-5-13(12)15-6-8-17-9-7-15/h2-5,11H,6-9H2,1H3. The molecule has 1 unspecified atom stereocenters. The van der Waals surface area contributed by atoms with Gasteiger partial charge in [0.1, 0.15) is 0 Å². The number of benzene rings is 1. The lowest BCUT2D eigenvalue weighted by atomic mass is 10.1. The minimum Gasteiger partial charge on any atom is -0.378 e. The lowest BCUT2D eigenvalue weighted by Gasteiger charge is -2.31. The van der Waals surface area contributed by atoms with E-state index in [2.05, 4.69) is 16.0 Å². The topological polar surface area (TPSA) is 41.9 Å². The van der Waals surface area contributed by atoms with E-state index in [1.807, 2.05) is 25.1 Å². The smallest absolute Gasteiger partial charge is 0.235 e. The van der Waals surface area contributed by atoms with E-state index in [0.29, 0.717) is 0 Å². The van der Waals surface area contributed by atoms with Gasteiger partial charge < -0.3 is 9.64 Å². The number of anilines is 1. The van der Waals surface area contributed by atoms with Crippen LogP contribution < -0.4 is 4.90 Å². The van der Waals surface area contributed by atoms with Gasteiger partial charge in [0.25, 0.3) is 0 Å². The predicted molar refractivity (Wildman–Crippen MR) is 66.0 cm³/mol. The van der Waals surface area contributed by atoms with E-state index in [-0.39, 0.29) is 6.04 Å². The Labute approximate surface area is 101 Å². The number of carbonyl (C=O) groups excluding carboxylic acids is 1. The Morgan fingerprint density at radius 3 is 2.76 bits per heavy atom. The molecule has 1 atom stereocenters. The lowest BCUT2D eigenvalue weighted by Crippen LogP contribution is -2.36. The van der Waals surface area contributed by atoms with Gasteiger partial charge >= 0.3 is 0 Å². The van der Waals surface area contributed by atoms with Crippen LogP contribution in [0.1, 0.15) is 18.5 Å². The van der Waals surface area contributed by atoms with Crippen molar-refractivity contribution in [2.45, 2.75) is 13.0 Å². The van der Waals surface area contributed by atoms with Gasteiger partial charge in [-0.3, -0.25) is 0 Å². The van der Waals surface area contributed by atoms with E-state index in [4.69, 9.17) is 4.74 Å². The molecule has 90 valence electrons. The van der Waals surface area contributed by atoms with Crippen LogP contribution in [-0.4, -0.2) is 32.4 Å². The first-order valence-corrected chi connectivity index (χ1v) is 5.81. The van der Waals surface area contributed by atoms with Crippen LogP contribution in [0.2, 0.25) is 0 Å². The average Bonchev–Trinajstić information content (AvgIpc) is 2.40. The minimum absolute atomic E-state index is 0.147. The number of morpholine rings is 1. The zero-order valence-electron chi connectivity index (χ0n) is 9.93. The Morgan fingerprint density at radius 2 is 2.06 bits per heavy atom. The van der Waals surface area contributed by atoms with Crippen molar-refractivity contribution in [1.29, 1.82) is 0 Å². The molecule has 4 heteroatoms. The van der Waals surface area contributed by atoms with Crippen LogP contribution >= 0.6 is 0 Å². The maximum absolute atomic E-state index is 10.4. The maximum atomic E-state index is 10.4. The number of nitrogens with zero attached hydrogens (tertiary/aromatic N) is 2. The third-order valence-corrected chi connectivity index (χ3v) is 2.98. The van der Waals surface area contributed by atoms with Gasteiger partial charge in [-0.1, -0.05) is 18.2 Å². The molecule has 0 aromatic heterocycles. The Bertz CT molecular complexity index is 421. The molecule has 1 aliphatic heterocycles. The molecule has 0 N–H and O–H groups in total. The Morgan fingerprint density at radius 1 is 1.35 bits per heavy atom. The minimum atomic E-state index is -0.147. The monoisotopic (exact) mass is 232 g/mol. The van der Waals surface area contributed by atoms with E-state index >= 15 is 0 Å². The van der Waals surface area contributed by atoms with Crippen LogP contribution in [0.5, 0.6) is 0 Å². The van der Waals surface area contributed by atoms with Crippen LogP contribution in [0, 0.1) is 0 Å². The van der Waals surface area contributed by atoms with E-state index < -0.39 is 0 Å². The number of rotatable bonds is 3. The highest BCUT2D eigenvalue weighted by Crippen LogP contribution is 2.28. The fourth-order valence-electron chi connectivity index (χ4n) is 2.08. The summed E-state index contributed by atoms with van der Waals surface area (Å²) in [5.74, 6) is 0. The second kappa shape index (κ2) is 5.62. The van der Waals surface area contributed by atoms with Gasteiger partial charge in [0, 0.05) is 24.3 Å². The van der Waals surface area contributed by atoms with Crippen LogP contribution in [-0.2, 0) is 9.53 Å². The molecule has 0 amide bonds. The molecule has 2 rings (SSSR count). The summed E-state index contributed by atoms with van der Waals surface area (Å²) in [6.45, 7) is 5.17. The molecular weight excluding hydrogens is 216 g/mol. The molecule has 17 heavy (non-hydrogen) atoms. The van der Waals surface area contributed by atoms with Gasteiger partial charge in [-0.25, -0.2) is 4.79 Å². The van der Waals surface area contributed by atoms with Gasteiger partial charge in [0.15, 0.2) is 0 Å². The number of hydrogen-bond acceptors (Lipinski definition) is 4. The van der Waals surface area contributed by atoms with Crippen LogP contribution in [0.4, 0.5) is 5.69 Å². The second-order valence-corrected chi connectivity index (χ2v) is 4.05. The highest BCUT2D eigenvalue weighted by molar-refractivity contribution is 5.56. The Kier molecular flexibility index (Phi) is 3.91. The lowest BCUT2D eigenvalue weighted by molar-refractivity contribution is 0.122. The largest absolute Gasteiger partial charge is 0.378 e. The van der Waals surface area contributed by atoms with E-state index in [9.17, 15) is 4.79 Å². The molecule has 1 fully saturated rings.